The quantitative estimate of drug-likeness (QED) is 0.880. The lowest BCUT2D eigenvalue weighted by Gasteiger charge is -2.20. The third-order valence-corrected chi connectivity index (χ3v) is 4.75. The second kappa shape index (κ2) is 4.32. The highest BCUT2D eigenvalue weighted by Crippen LogP contribution is 2.28. The lowest BCUT2D eigenvalue weighted by Crippen LogP contribution is -2.18. The molecular weight excluding hydrogens is 274 g/mol. The van der Waals surface area contributed by atoms with Crippen LogP contribution in [0.2, 0.25) is 0 Å². The van der Waals surface area contributed by atoms with Crippen molar-refractivity contribution >= 4 is 19.9 Å². The van der Waals surface area contributed by atoms with Crippen molar-refractivity contribution in [1.82, 2.24) is 0 Å². The molecule has 0 saturated heterocycles. The van der Waals surface area contributed by atoms with Crippen LogP contribution in [-0.4, -0.2) is 23.1 Å². The van der Waals surface area contributed by atoms with E-state index in [0.717, 1.165) is 11.8 Å². The van der Waals surface area contributed by atoms with Crippen LogP contribution >= 0.6 is 0 Å². The SMILES string of the molecule is CC(C)(C)c1ccc(S(N)(=O)=O)c(S(C)(=O)=O)c1. The molecule has 0 aliphatic rings. The lowest BCUT2D eigenvalue weighted by atomic mass is 9.87. The highest BCUT2D eigenvalue weighted by Gasteiger charge is 2.24. The fraction of sp³-hybridized carbons (Fsp3) is 0.455. The molecular formula is C11H17NO4S2. The van der Waals surface area contributed by atoms with Crippen molar-refractivity contribution in [2.45, 2.75) is 36.0 Å². The van der Waals surface area contributed by atoms with Crippen molar-refractivity contribution < 1.29 is 16.8 Å². The summed E-state index contributed by atoms with van der Waals surface area (Å²) in [6.45, 7) is 5.72. The average molecular weight is 291 g/mol. The molecule has 18 heavy (non-hydrogen) atoms. The molecule has 0 fully saturated rings. The third kappa shape index (κ3) is 3.30. The van der Waals surface area contributed by atoms with E-state index in [2.05, 4.69) is 0 Å². The van der Waals surface area contributed by atoms with E-state index in [4.69, 9.17) is 5.14 Å². The number of nitrogens with two attached hydrogens (primary N) is 1. The molecule has 1 aromatic carbocycles. The minimum absolute atomic E-state index is 0.252. The molecule has 0 atom stereocenters. The first kappa shape index (κ1) is 15.1. The Kier molecular flexibility index (Phi) is 3.64. The van der Waals surface area contributed by atoms with Crippen molar-refractivity contribution in [3.63, 3.8) is 0 Å². The van der Waals surface area contributed by atoms with Gasteiger partial charge < -0.3 is 0 Å². The summed E-state index contributed by atoms with van der Waals surface area (Å²) in [4.78, 5) is -0.615. The van der Waals surface area contributed by atoms with E-state index in [9.17, 15) is 16.8 Å². The maximum Gasteiger partial charge on any atom is 0.239 e. The van der Waals surface area contributed by atoms with Gasteiger partial charge in [0.25, 0.3) is 0 Å². The molecule has 0 radical (unpaired) electrons. The molecule has 0 aliphatic heterocycles. The van der Waals surface area contributed by atoms with Crippen LogP contribution in [-0.2, 0) is 25.3 Å². The molecule has 0 aliphatic carbocycles. The third-order valence-electron chi connectivity index (χ3n) is 2.52. The van der Waals surface area contributed by atoms with E-state index in [1.54, 1.807) is 6.07 Å². The molecule has 5 nitrogen and oxygen atoms in total. The van der Waals surface area contributed by atoms with E-state index in [1.165, 1.54) is 12.1 Å². The Morgan fingerprint density at radius 3 is 1.83 bits per heavy atom. The van der Waals surface area contributed by atoms with Gasteiger partial charge in [-0.3, -0.25) is 0 Å². The number of hydrogen-bond acceptors (Lipinski definition) is 4. The smallest absolute Gasteiger partial charge is 0.225 e. The zero-order valence-corrected chi connectivity index (χ0v) is 12.4. The van der Waals surface area contributed by atoms with Crippen molar-refractivity contribution in [3.8, 4) is 0 Å². The van der Waals surface area contributed by atoms with Crippen molar-refractivity contribution in [1.29, 1.82) is 0 Å². The highest BCUT2D eigenvalue weighted by molar-refractivity contribution is 7.93. The van der Waals surface area contributed by atoms with Crippen molar-refractivity contribution in [2.75, 3.05) is 6.26 Å². The van der Waals surface area contributed by atoms with Gasteiger partial charge in [0.15, 0.2) is 9.84 Å². The summed E-state index contributed by atoms with van der Waals surface area (Å²) < 4.78 is 46.1. The van der Waals surface area contributed by atoms with E-state index in [0.29, 0.717) is 0 Å². The molecule has 2 N–H and O–H groups in total. The lowest BCUT2D eigenvalue weighted by molar-refractivity contribution is 0.575. The minimum atomic E-state index is -4.06. The van der Waals surface area contributed by atoms with Crippen LogP contribution in [0.15, 0.2) is 28.0 Å². The van der Waals surface area contributed by atoms with Gasteiger partial charge in [0.2, 0.25) is 10.0 Å². The van der Waals surface area contributed by atoms with Gasteiger partial charge in [-0.05, 0) is 23.1 Å². The number of hydrogen-bond donors (Lipinski definition) is 1. The van der Waals surface area contributed by atoms with Crippen LogP contribution in [0.5, 0.6) is 0 Å². The van der Waals surface area contributed by atoms with Gasteiger partial charge in [-0.2, -0.15) is 0 Å². The molecule has 102 valence electrons. The van der Waals surface area contributed by atoms with Crippen molar-refractivity contribution in [2.24, 2.45) is 5.14 Å². The number of sulfone groups is 1. The Hall–Kier alpha value is -0.920. The highest BCUT2D eigenvalue weighted by atomic mass is 32.2. The molecule has 0 heterocycles. The number of primary sulfonamides is 1. The standard InChI is InChI=1S/C11H17NO4S2/c1-11(2,3)8-5-6-9(18(12,15)16)10(7-8)17(4,13)14/h5-7H,1-4H3,(H2,12,15,16). The molecule has 0 aromatic heterocycles. The van der Waals surface area contributed by atoms with Gasteiger partial charge in [-0.15, -0.1) is 0 Å². The van der Waals surface area contributed by atoms with Crippen LogP contribution in [0.3, 0.4) is 0 Å². The van der Waals surface area contributed by atoms with Crippen LogP contribution in [0.1, 0.15) is 26.3 Å². The van der Waals surface area contributed by atoms with E-state index in [1.807, 2.05) is 20.8 Å². The fourth-order valence-electron chi connectivity index (χ4n) is 1.50. The first-order chi connectivity index (χ1) is 7.83. The summed E-state index contributed by atoms with van der Waals surface area (Å²) in [6.07, 6.45) is 0.962. The van der Waals surface area contributed by atoms with E-state index >= 15 is 0 Å². The molecule has 1 aromatic rings. The second-order valence-electron chi connectivity index (χ2n) is 5.23. The Balaban J connectivity index is 3.72. The number of rotatable bonds is 2. The fourth-order valence-corrected chi connectivity index (χ4v) is 3.67. The summed E-state index contributed by atoms with van der Waals surface area (Å²) in [5.41, 5.74) is 0.450. The maximum absolute atomic E-state index is 11.7. The van der Waals surface area contributed by atoms with E-state index in [-0.39, 0.29) is 15.2 Å². The monoisotopic (exact) mass is 291 g/mol. The Bertz CT molecular complexity index is 667. The second-order valence-corrected chi connectivity index (χ2v) is 8.74. The summed E-state index contributed by atoms with van der Waals surface area (Å²) in [7, 11) is -7.72. The summed E-state index contributed by atoms with van der Waals surface area (Å²) in [5, 5.41) is 5.02. The van der Waals surface area contributed by atoms with Crippen molar-refractivity contribution in [3.05, 3.63) is 23.8 Å². The first-order valence-electron chi connectivity index (χ1n) is 5.21. The zero-order valence-electron chi connectivity index (χ0n) is 10.8. The van der Waals surface area contributed by atoms with Crippen LogP contribution in [0.4, 0.5) is 0 Å². The minimum Gasteiger partial charge on any atom is -0.225 e. The summed E-state index contributed by atoms with van der Waals surface area (Å²) in [6, 6.07) is 4.19. The predicted molar refractivity (Wildman–Crippen MR) is 69.6 cm³/mol. The van der Waals surface area contributed by atoms with Gasteiger partial charge in [-0.1, -0.05) is 26.8 Å². The van der Waals surface area contributed by atoms with Crippen LogP contribution in [0.25, 0.3) is 0 Å². The van der Waals surface area contributed by atoms with Crippen LogP contribution in [0, 0.1) is 0 Å². The zero-order chi connectivity index (χ0) is 14.4. The van der Waals surface area contributed by atoms with Crippen LogP contribution < -0.4 is 5.14 Å². The Labute approximate surface area is 108 Å². The molecule has 0 bridgehead atoms. The van der Waals surface area contributed by atoms with Gasteiger partial charge in [0.1, 0.15) is 4.90 Å². The molecule has 7 heteroatoms. The first-order valence-corrected chi connectivity index (χ1v) is 8.64. The summed E-state index contributed by atoms with van der Waals surface area (Å²) >= 11 is 0. The maximum atomic E-state index is 11.7. The molecule has 0 saturated carbocycles. The topological polar surface area (TPSA) is 94.3 Å². The molecule has 0 unspecified atom stereocenters. The van der Waals surface area contributed by atoms with E-state index < -0.39 is 19.9 Å². The molecule has 1 rings (SSSR count). The van der Waals surface area contributed by atoms with Gasteiger partial charge in [-0.25, -0.2) is 22.0 Å². The largest absolute Gasteiger partial charge is 0.239 e. The average Bonchev–Trinajstić information content (AvgIpc) is 2.12. The molecule has 0 amide bonds. The van der Waals surface area contributed by atoms with Gasteiger partial charge in [0, 0.05) is 6.26 Å². The van der Waals surface area contributed by atoms with Gasteiger partial charge >= 0.3 is 0 Å². The summed E-state index contributed by atoms with van der Waals surface area (Å²) in [5.74, 6) is 0. The normalized spacial score (nSPS) is 13.6. The predicted octanol–water partition coefficient (Wildman–Crippen LogP) is 1.04. The Morgan fingerprint density at radius 1 is 1.00 bits per heavy atom. The van der Waals surface area contributed by atoms with Gasteiger partial charge in [0.05, 0.1) is 4.90 Å². The molecule has 0 spiro atoms. The number of benzene rings is 1. The number of sulfonamides is 1. The Morgan fingerprint density at radius 2 is 1.50 bits per heavy atom.